The Morgan fingerprint density at radius 3 is 2.40 bits per heavy atom. The molecule has 2 aromatic rings. The van der Waals surface area contributed by atoms with Crippen molar-refractivity contribution < 1.29 is 0 Å². The SMILES string of the molecule is CN=C(NCCCCn1ccnc1C)NCCc1cc(C)cc(C)c1. The van der Waals surface area contributed by atoms with Gasteiger partial charge in [-0.25, -0.2) is 4.98 Å². The Bertz CT molecular complexity index is 667. The first kappa shape index (κ1) is 19.0. The molecule has 0 unspecified atom stereocenters. The number of aliphatic imine (C=N–C) groups is 1. The summed E-state index contributed by atoms with van der Waals surface area (Å²) in [5.74, 6) is 1.96. The molecule has 1 aromatic heterocycles. The average molecular weight is 342 g/mol. The quantitative estimate of drug-likeness (QED) is 0.441. The van der Waals surface area contributed by atoms with Crippen molar-refractivity contribution in [2.75, 3.05) is 20.1 Å². The molecule has 1 heterocycles. The summed E-state index contributed by atoms with van der Waals surface area (Å²) < 4.78 is 2.19. The highest BCUT2D eigenvalue weighted by molar-refractivity contribution is 5.79. The lowest BCUT2D eigenvalue weighted by atomic mass is 10.1. The third-order valence-corrected chi connectivity index (χ3v) is 4.25. The number of aryl methyl sites for hydroxylation is 4. The van der Waals surface area contributed by atoms with Gasteiger partial charge in [-0.2, -0.15) is 0 Å². The molecule has 0 fully saturated rings. The second-order valence-corrected chi connectivity index (χ2v) is 6.55. The average Bonchev–Trinajstić information content (AvgIpc) is 2.97. The van der Waals surface area contributed by atoms with Crippen LogP contribution in [0.4, 0.5) is 0 Å². The summed E-state index contributed by atoms with van der Waals surface area (Å²) in [5, 5.41) is 6.78. The molecular formula is C20H31N5. The fourth-order valence-electron chi connectivity index (χ4n) is 3.01. The van der Waals surface area contributed by atoms with Gasteiger partial charge in [0.1, 0.15) is 5.82 Å². The lowest BCUT2D eigenvalue weighted by molar-refractivity contribution is 0.588. The van der Waals surface area contributed by atoms with Crippen molar-refractivity contribution in [3.05, 3.63) is 53.1 Å². The second-order valence-electron chi connectivity index (χ2n) is 6.55. The fourth-order valence-corrected chi connectivity index (χ4v) is 3.01. The Hall–Kier alpha value is -2.30. The first-order chi connectivity index (χ1) is 12.1. The van der Waals surface area contributed by atoms with Gasteiger partial charge in [0, 0.05) is 39.1 Å². The summed E-state index contributed by atoms with van der Waals surface area (Å²) in [6.07, 6.45) is 7.13. The van der Waals surface area contributed by atoms with Crippen LogP contribution in [0.15, 0.2) is 35.6 Å². The maximum absolute atomic E-state index is 4.30. The summed E-state index contributed by atoms with van der Waals surface area (Å²) in [5.41, 5.74) is 4.02. The van der Waals surface area contributed by atoms with Gasteiger partial charge < -0.3 is 15.2 Å². The topological polar surface area (TPSA) is 54.2 Å². The molecule has 1 aromatic carbocycles. The van der Waals surface area contributed by atoms with Crippen molar-refractivity contribution in [2.24, 2.45) is 4.99 Å². The van der Waals surface area contributed by atoms with Crippen LogP contribution in [0.5, 0.6) is 0 Å². The number of aromatic nitrogens is 2. The van der Waals surface area contributed by atoms with Crippen LogP contribution in [0.25, 0.3) is 0 Å². The van der Waals surface area contributed by atoms with Crippen molar-refractivity contribution >= 4 is 5.96 Å². The van der Waals surface area contributed by atoms with Gasteiger partial charge in [0.2, 0.25) is 0 Å². The van der Waals surface area contributed by atoms with Gasteiger partial charge in [-0.15, -0.1) is 0 Å². The van der Waals surface area contributed by atoms with E-state index in [1.165, 1.54) is 16.7 Å². The van der Waals surface area contributed by atoms with Gasteiger partial charge in [0.25, 0.3) is 0 Å². The highest BCUT2D eigenvalue weighted by Gasteiger charge is 2.00. The largest absolute Gasteiger partial charge is 0.356 e. The molecule has 0 atom stereocenters. The number of benzene rings is 1. The molecule has 0 saturated heterocycles. The molecule has 25 heavy (non-hydrogen) atoms. The number of unbranched alkanes of at least 4 members (excludes halogenated alkanes) is 1. The zero-order valence-corrected chi connectivity index (χ0v) is 16.0. The molecule has 0 bridgehead atoms. The number of nitrogens with zero attached hydrogens (tertiary/aromatic N) is 3. The van der Waals surface area contributed by atoms with Crippen molar-refractivity contribution in [3.63, 3.8) is 0 Å². The Morgan fingerprint density at radius 1 is 1.04 bits per heavy atom. The summed E-state index contributed by atoms with van der Waals surface area (Å²) >= 11 is 0. The smallest absolute Gasteiger partial charge is 0.190 e. The van der Waals surface area contributed by atoms with Crippen LogP contribution >= 0.6 is 0 Å². The molecule has 2 N–H and O–H groups in total. The lowest BCUT2D eigenvalue weighted by Gasteiger charge is -2.12. The number of nitrogens with one attached hydrogen (secondary N) is 2. The molecule has 0 saturated carbocycles. The van der Waals surface area contributed by atoms with E-state index in [1.807, 2.05) is 26.4 Å². The monoisotopic (exact) mass is 341 g/mol. The van der Waals surface area contributed by atoms with E-state index >= 15 is 0 Å². The van der Waals surface area contributed by atoms with E-state index in [9.17, 15) is 0 Å². The molecule has 2 rings (SSSR count). The predicted molar refractivity (Wildman–Crippen MR) is 105 cm³/mol. The fraction of sp³-hybridized carbons (Fsp3) is 0.500. The van der Waals surface area contributed by atoms with Gasteiger partial charge in [-0.3, -0.25) is 4.99 Å². The minimum atomic E-state index is 0.878. The van der Waals surface area contributed by atoms with Crippen molar-refractivity contribution in [2.45, 2.75) is 46.6 Å². The van der Waals surface area contributed by atoms with Crippen molar-refractivity contribution in [1.29, 1.82) is 0 Å². The maximum Gasteiger partial charge on any atom is 0.190 e. The Balaban J connectivity index is 1.62. The molecule has 5 nitrogen and oxygen atoms in total. The summed E-state index contributed by atoms with van der Waals surface area (Å²) in [6, 6.07) is 6.72. The first-order valence-corrected chi connectivity index (χ1v) is 9.08. The maximum atomic E-state index is 4.30. The van der Waals surface area contributed by atoms with E-state index in [1.54, 1.807) is 0 Å². The third kappa shape index (κ3) is 6.61. The molecule has 136 valence electrons. The van der Waals surface area contributed by atoms with Gasteiger partial charge in [-0.05, 0) is 45.6 Å². The number of rotatable bonds is 8. The van der Waals surface area contributed by atoms with Crippen LogP contribution in [0.1, 0.15) is 35.4 Å². The normalized spacial score (nSPS) is 11.6. The highest BCUT2D eigenvalue weighted by atomic mass is 15.2. The lowest BCUT2D eigenvalue weighted by Crippen LogP contribution is -2.38. The number of imidazole rings is 1. The van der Waals surface area contributed by atoms with E-state index in [-0.39, 0.29) is 0 Å². The first-order valence-electron chi connectivity index (χ1n) is 9.08. The number of guanidine groups is 1. The van der Waals surface area contributed by atoms with Crippen LogP contribution in [0, 0.1) is 20.8 Å². The van der Waals surface area contributed by atoms with E-state index in [0.717, 1.165) is 50.7 Å². The zero-order chi connectivity index (χ0) is 18.1. The molecule has 0 radical (unpaired) electrons. The second kappa shape index (κ2) is 9.87. The van der Waals surface area contributed by atoms with Gasteiger partial charge in [0.15, 0.2) is 5.96 Å². The summed E-state index contributed by atoms with van der Waals surface area (Å²) in [6.45, 7) is 9.17. The number of hydrogen-bond acceptors (Lipinski definition) is 2. The third-order valence-electron chi connectivity index (χ3n) is 4.25. The molecule has 0 aliphatic carbocycles. The van der Waals surface area contributed by atoms with Crippen molar-refractivity contribution in [1.82, 2.24) is 20.2 Å². The molecule has 0 spiro atoms. The van der Waals surface area contributed by atoms with Crippen LogP contribution in [-0.2, 0) is 13.0 Å². The Kier molecular flexibility index (Phi) is 7.51. The Morgan fingerprint density at radius 2 is 1.76 bits per heavy atom. The zero-order valence-electron chi connectivity index (χ0n) is 16.0. The van der Waals surface area contributed by atoms with E-state index in [2.05, 4.69) is 57.2 Å². The van der Waals surface area contributed by atoms with Gasteiger partial charge >= 0.3 is 0 Å². The summed E-state index contributed by atoms with van der Waals surface area (Å²) in [4.78, 5) is 8.54. The molecule has 0 aliphatic heterocycles. The predicted octanol–water partition coefficient (Wildman–Crippen LogP) is 3.00. The molecule has 0 aliphatic rings. The van der Waals surface area contributed by atoms with Crippen LogP contribution in [-0.4, -0.2) is 35.6 Å². The Labute approximate surface area is 151 Å². The molecule has 5 heteroatoms. The molecule has 0 amide bonds. The summed E-state index contributed by atoms with van der Waals surface area (Å²) in [7, 11) is 1.82. The van der Waals surface area contributed by atoms with E-state index < -0.39 is 0 Å². The van der Waals surface area contributed by atoms with E-state index in [4.69, 9.17) is 0 Å². The van der Waals surface area contributed by atoms with Crippen molar-refractivity contribution in [3.8, 4) is 0 Å². The number of hydrogen-bond donors (Lipinski definition) is 2. The van der Waals surface area contributed by atoms with Crippen LogP contribution in [0.3, 0.4) is 0 Å². The minimum absolute atomic E-state index is 0.878. The minimum Gasteiger partial charge on any atom is -0.356 e. The van der Waals surface area contributed by atoms with E-state index in [0.29, 0.717) is 0 Å². The highest BCUT2D eigenvalue weighted by Crippen LogP contribution is 2.08. The van der Waals surface area contributed by atoms with Crippen LogP contribution < -0.4 is 10.6 Å². The standard InChI is InChI=1S/C20H31N5/c1-16-13-17(2)15-19(14-16)7-9-24-20(21-4)23-8-5-6-11-25-12-10-22-18(25)3/h10,12-15H,5-9,11H2,1-4H3,(H2,21,23,24). The van der Waals surface area contributed by atoms with Crippen LogP contribution in [0.2, 0.25) is 0 Å². The van der Waals surface area contributed by atoms with Gasteiger partial charge in [-0.1, -0.05) is 29.3 Å². The molecular weight excluding hydrogens is 310 g/mol. The van der Waals surface area contributed by atoms with Gasteiger partial charge in [0.05, 0.1) is 0 Å².